The highest BCUT2D eigenvalue weighted by atomic mass is 32.2. The standard InChI is InChI=1S/C12H13N3O2S2/c1-2-17-10-6-4-3-5-9(10)14-11(16)7-18-12-15-13-8-19-12/h3-6,8H,2,7H2,1H3,(H,14,16). The Morgan fingerprint density at radius 1 is 1.47 bits per heavy atom. The van der Waals surface area contributed by atoms with Gasteiger partial charge in [0, 0.05) is 0 Å². The zero-order valence-electron chi connectivity index (χ0n) is 10.3. The van der Waals surface area contributed by atoms with Crippen LogP contribution in [0.3, 0.4) is 0 Å². The highest BCUT2D eigenvalue weighted by molar-refractivity contribution is 8.01. The van der Waals surface area contributed by atoms with Crippen LogP contribution in [0, 0.1) is 0 Å². The smallest absolute Gasteiger partial charge is 0.234 e. The van der Waals surface area contributed by atoms with Gasteiger partial charge in [0.25, 0.3) is 0 Å². The molecule has 0 spiro atoms. The second-order valence-corrected chi connectivity index (χ2v) is 5.53. The molecule has 1 amide bonds. The van der Waals surface area contributed by atoms with Gasteiger partial charge in [-0.05, 0) is 19.1 Å². The number of ether oxygens (including phenoxy) is 1. The SMILES string of the molecule is CCOc1ccccc1NC(=O)CSc1nncs1. The van der Waals surface area contributed by atoms with Crippen molar-refractivity contribution in [2.45, 2.75) is 11.3 Å². The Balaban J connectivity index is 1.91. The largest absolute Gasteiger partial charge is 0.492 e. The van der Waals surface area contributed by atoms with E-state index >= 15 is 0 Å². The molecule has 1 aromatic heterocycles. The highest BCUT2D eigenvalue weighted by Crippen LogP contribution is 2.24. The molecule has 0 fully saturated rings. The molecule has 0 aliphatic heterocycles. The fourth-order valence-electron chi connectivity index (χ4n) is 1.39. The van der Waals surface area contributed by atoms with Crippen LogP contribution in [-0.4, -0.2) is 28.5 Å². The van der Waals surface area contributed by atoms with Crippen molar-refractivity contribution in [1.29, 1.82) is 0 Å². The fraction of sp³-hybridized carbons (Fsp3) is 0.250. The van der Waals surface area contributed by atoms with Gasteiger partial charge in [0.1, 0.15) is 11.3 Å². The fourth-order valence-corrected chi connectivity index (χ4v) is 2.68. The van der Waals surface area contributed by atoms with Crippen molar-refractivity contribution >= 4 is 34.7 Å². The first kappa shape index (κ1) is 13.8. The van der Waals surface area contributed by atoms with Gasteiger partial charge in [-0.25, -0.2) is 0 Å². The summed E-state index contributed by atoms with van der Waals surface area (Å²) in [5.74, 6) is 0.891. The summed E-state index contributed by atoms with van der Waals surface area (Å²) in [7, 11) is 0. The van der Waals surface area contributed by atoms with Crippen LogP contribution in [0.5, 0.6) is 5.75 Å². The lowest BCUT2D eigenvalue weighted by Crippen LogP contribution is -2.14. The van der Waals surface area contributed by atoms with Crippen LogP contribution in [0.2, 0.25) is 0 Å². The molecule has 0 saturated heterocycles. The third kappa shape index (κ3) is 4.22. The summed E-state index contributed by atoms with van der Waals surface area (Å²) < 4.78 is 6.23. The molecule has 0 aliphatic carbocycles. The van der Waals surface area contributed by atoms with E-state index in [2.05, 4.69) is 15.5 Å². The molecule has 0 atom stereocenters. The lowest BCUT2D eigenvalue weighted by Gasteiger charge is -2.10. The number of nitrogens with zero attached hydrogens (tertiary/aromatic N) is 2. The average molecular weight is 295 g/mol. The van der Waals surface area contributed by atoms with E-state index in [1.54, 1.807) is 5.51 Å². The number of amides is 1. The first-order valence-corrected chi connectivity index (χ1v) is 7.56. The number of aromatic nitrogens is 2. The van der Waals surface area contributed by atoms with Gasteiger partial charge in [-0.15, -0.1) is 10.2 Å². The Morgan fingerprint density at radius 2 is 2.32 bits per heavy atom. The van der Waals surface area contributed by atoms with E-state index in [-0.39, 0.29) is 5.91 Å². The number of anilines is 1. The molecule has 0 bridgehead atoms. The van der Waals surface area contributed by atoms with Gasteiger partial charge in [0.05, 0.1) is 18.0 Å². The maximum atomic E-state index is 11.8. The molecule has 2 rings (SSSR count). The van der Waals surface area contributed by atoms with E-state index < -0.39 is 0 Å². The predicted octanol–water partition coefficient (Wildman–Crippen LogP) is 2.67. The van der Waals surface area contributed by atoms with Crippen LogP contribution in [0.1, 0.15) is 6.92 Å². The highest BCUT2D eigenvalue weighted by Gasteiger charge is 2.08. The topological polar surface area (TPSA) is 64.1 Å². The van der Waals surface area contributed by atoms with Crippen molar-refractivity contribution in [1.82, 2.24) is 10.2 Å². The van der Waals surface area contributed by atoms with E-state index in [9.17, 15) is 4.79 Å². The number of benzene rings is 1. The molecule has 100 valence electrons. The molecular formula is C12H13N3O2S2. The summed E-state index contributed by atoms with van der Waals surface area (Å²) in [6.07, 6.45) is 0. The quantitative estimate of drug-likeness (QED) is 0.830. The average Bonchev–Trinajstić information content (AvgIpc) is 2.92. The minimum absolute atomic E-state index is 0.0904. The van der Waals surface area contributed by atoms with Gasteiger partial charge in [0.15, 0.2) is 4.34 Å². The molecule has 2 aromatic rings. The predicted molar refractivity (Wildman–Crippen MR) is 76.9 cm³/mol. The molecule has 0 radical (unpaired) electrons. The Kier molecular flexibility index (Phi) is 5.17. The minimum Gasteiger partial charge on any atom is -0.492 e. The van der Waals surface area contributed by atoms with Crippen LogP contribution in [-0.2, 0) is 4.79 Å². The molecule has 5 nitrogen and oxygen atoms in total. The van der Waals surface area contributed by atoms with E-state index in [1.165, 1.54) is 23.1 Å². The Hall–Kier alpha value is -1.60. The van der Waals surface area contributed by atoms with Crippen LogP contribution < -0.4 is 10.1 Å². The number of para-hydroxylation sites is 2. The summed E-state index contributed by atoms with van der Waals surface area (Å²) in [6.45, 7) is 2.47. The lowest BCUT2D eigenvalue weighted by atomic mass is 10.3. The molecule has 1 aromatic carbocycles. The van der Waals surface area contributed by atoms with E-state index in [4.69, 9.17) is 4.74 Å². The summed E-state index contributed by atoms with van der Waals surface area (Å²) in [5.41, 5.74) is 2.33. The summed E-state index contributed by atoms with van der Waals surface area (Å²) in [5, 5.41) is 10.4. The molecule has 0 unspecified atom stereocenters. The van der Waals surface area contributed by atoms with E-state index in [0.717, 1.165) is 4.34 Å². The number of thioether (sulfide) groups is 1. The van der Waals surface area contributed by atoms with E-state index in [1.807, 2.05) is 31.2 Å². The normalized spacial score (nSPS) is 10.2. The van der Waals surface area contributed by atoms with Gasteiger partial charge in [-0.2, -0.15) is 0 Å². The molecule has 7 heteroatoms. The van der Waals surface area contributed by atoms with E-state index in [0.29, 0.717) is 23.8 Å². The van der Waals surface area contributed by atoms with Crippen molar-refractivity contribution in [3.8, 4) is 5.75 Å². The van der Waals surface area contributed by atoms with Crippen molar-refractivity contribution in [3.05, 3.63) is 29.8 Å². The zero-order chi connectivity index (χ0) is 13.5. The van der Waals surface area contributed by atoms with Crippen LogP contribution in [0.4, 0.5) is 5.69 Å². The molecule has 0 saturated carbocycles. The molecule has 1 N–H and O–H groups in total. The summed E-state index contributed by atoms with van der Waals surface area (Å²) >= 11 is 2.78. The lowest BCUT2D eigenvalue weighted by molar-refractivity contribution is -0.113. The number of hydrogen-bond donors (Lipinski definition) is 1. The number of carbonyl (C=O) groups excluding carboxylic acids is 1. The summed E-state index contributed by atoms with van der Waals surface area (Å²) in [6, 6.07) is 7.38. The van der Waals surface area contributed by atoms with Crippen LogP contribution in [0.15, 0.2) is 34.1 Å². The van der Waals surface area contributed by atoms with Gasteiger partial charge >= 0.3 is 0 Å². The van der Waals surface area contributed by atoms with Crippen molar-refractivity contribution in [2.75, 3.05) is 17.7 Å². The number of nitrogens with one attached hydrogen (secondary N) is 1. The van der Waals surface area contributed by atoms with Gasteiger partial charge < -0.3 is 10.1 Å². The van der Waals surface area contributed by atoms with Crippen LogP contribution in [0.25, 0.3) is 0 Å². The Morgan fingerprint density at radius 3 is 3.05 bits per heavy atom. The molecule has 0 aliphatic rings. The number of hydrogen-bond acceptors (Lipinski definition) is 6. The first-order chi connectivity index (χ1) is 9.29. The maximum absolute atomic E-state index is 11.8. The second kappa shape index (κ2) is 7.10. The van der Waals surface area contributed by atoms with Crippen molar-refractivity contribution in [3.63, 3.8) is 0 Å². The molecular weight excluding hydrogens is 282 g/mol. The third-order valence-corrected chi connectivity index (χ3v) is 3.99. The Labute approximate surface area is 119 Å². The van der Waals surface area contributed by atoms with Gasteiger partial charge in [0.2, 0.25) is 5.91 Å². The third-order valence-electron chi connectivity index (χ3n) is 2.13. The maximum Gasteiger partial charge on any atom is 0.234 e. The summed E-state index contributed by atoms with van der Waals surface area (Å²) in [4.78, 5) is 11.8. The first-order valence-electron chi connectivity index (χ1n) is 5.70. The zero-order valence-corrected chi connectivity index (χ0v) is 12.0. The monoisotopic (exact) mass is 295 g/mol. The van der Waals surface area contributed by atoms with Crippen molar-refractivity contribution in [2.24, 2.45) is 0 Å². The molecule has 19 heavy (non-hydrogen) atoms. The minimum atomic E-state index is -0.0904. The Bertz CT molecular complexity index is 532. The molecule has 1 heterocycles. The van der Waals surface area contributed by atoms with Gasteiger partial charge in [-0.3, -0.25) is 4.79 Å². The van der Waals surface area contributed by atoms with Crippen molar-refractivity contribution < 1.29 is 9.53 Å². The number of carbonyl (C=O) groups is 1. The second-order valence-electron chi connectivity index (χ2n) is 3.47. The van der Waals surface area contributed by atoms with Crippen LogP contribution >= 0.6 is 23.1 Å². The number of rotatable bonds is 6. The van der Waals surface area contributed by atoms with Gasteiger partial charge in [-0.1, -0.05) is 35.2 Å².